The highest BCUT2D eigenvalue weighted by molar-refractivity contribution is 7.78. The van der Waals surface area contributed by atoms with E-state index >= 15 is 0 Å². The zero-order valence-electron chi connectivity index (χ0n) is 4.26. The van der Waals surface area contributed by atoms with Gasteiger partial charge in [0.1, 0.15) is 0 Å². The van der Waals surface area contributed by atoms with Crippen molar-refractivity contribution in [2.75, 3.05) is 0 Å². The fraction of sp³-hybridized carbons (Fsp3) is 0.200. The fourth-order valence-electron chi connectivity index (χ4n) is 0.176. The molecule has 0 rings (SSSR count). The van der Waals surface area contributed by atoms with Gasteiger partial charge in [-0.25, -0.2) is 0 Å². The first-order valence-corrected chi connectivity index (χ1v) is 2.26. The number of amides is 1. The molecule has 0 bridgehead atoms. The molecule has 0 aliphatic heterocycles. The molecule has 0 aliphatic rings. The van der Waals surface area contributed by atoms with E-state index in [-0.39, 0.29) is 0 Å². The normalized spacial score (nSPS) is 5.62. The van der Waals surface area contributed by atoms with Gasteiger partial charge in [0, 0.05) is 0 Å². The van der Waals surface area contributed by atoms with E-state index in [0.29, 0.717) is 0 Å². The van der Waals surface area contributed by atoms with Crippen molar-refractivity contribution < 1.29 is 4.79 Å². The SMILES string of the molecule is CC#CC(=O)N=C=S. The highest BCUT2D eigenvalue weighted by Crippen LogP contribution is 1.66. The van der Waals surface area contributed by atoms with Crippen molar-refractivity contribution in [1.29, 1.82) is 0 Å². The van der Waals surface area contributed by atoms with Gasteiger partial charge in [0.25, 0.3) is 0 Å². The summed E-state index contributed by atoms with van der Waals surface area (Å²) in [5.74, 6) is 4.00. The Balaban J connectivity index is 3.98. The van der Waals surface area contributed by atoms with Crippen LogP contribution in [-0.4, -0.2) is 11.1 Å². The Kier molecular flexibility index (Phi) is 3.69. The van der Waals surface area contributed by atoms with Crippen molar-refractivity contribution in [3.05, 3.63) is 0 Å². The average molecular weight is 125 g/mol. The van der Waals surface area contributed by atoms with Crippen molar-refractivity contribution in [3.63, 3.8) is 0 Å². The molecule has 40 valence electrons. The summed E-state index contributed by atoms with van der Waals surface area (Å²) in [6.45, 7) is 1.55. The van der Waals surface area contributed by atoms with Crippen LogP contribution in [0.15, 0.2) is 4.99 Å². The second-order valence-electron chi connectivity index (χ2n) is 0.883. The molecule has 0 spiro atoms. The Bertz CT molecular complexity index is 192. The van der Waals surface area contributed by atoms with Crippen molar-refractivity contribution >= 4 is 23.3 Å². The largest absolute Gasteiger partial charge is 0.330 e. The molecule has 0 aliphatic carbocycles. The Hall–Kier alpha value is -0.970. The average Bonchev–Trinajstić information content (AvgIpc) is 1.68. The lowest BCUT2D eigenvalue weighted by Crippen LogP contribution is -1.82. The van der Waals surface area contributed by atoms with Crippen LogP contribution >= 0.6 is 12.2 Å². The molecule has 0 radical (unpaired) electrons. The number of isothiocyanates is 1. The van der Waals surface area contributed by atoms with E-state index in [4.69, 9.17) is 0 Å². The van der Waals surface area contributed by atoms with Gasteiger partial charge in [0.2, 0.25) is 0 Å². The summed E-state index contributed by atoms with van der Waals surface area (Å²) in [6, 6.07) is 0. The number of aliphatic imine (C=N–C) groups is 1. The van der Waals surface area contributed by atoms with Gasteiger partial charge in [0.15, 0.2) is 0 Å². The van der Waals surface area contributed by atoms with Crippen LogP contribution in [0.5, 0.6) is 0 Å². The summed E-state index contributed by atoms with van der Waals surface area (Å²) < 4.78 is 0. The number of rotatable bonds is 0. The van der Waals surface area contributed by atoms with Crippen LogP contribution in [0.4, 0.5) is 0 Å². The van der Waals surface area contributed by atoms with Crippen molar-refractivity contribution in [3.8, 4) is 11.8 Å². The number of hydrogen-bond donors (Lipinski definition) is 0. The maximum absolute atomic E-state index is 10.2. The minimum absolute atomic E-state index is 0.539. The molecule has 0 atom stereocenters. The van der Waals surface area contributed by atoms with E-state index in [1.807, 2.05) is 5.16 Å². The first kappa shape index (κ1) is 7.03. The zero-order chi connectivity index (χ0) is 6.41. The lowest BCUT2D eigenvalue weighted by Gasteiger charge is -1.66. The van der Waals surface area contributed by atoms with E-state index < -0.39 is 5.91 Å². The third-order valence-corrected chi connectivity index (χ3v) is 0.470. The molecule has 2 nitrogen and oxygen atoms in total. The molecule has 1 amide bonds. The van der Waals surface area contributed by atoms with E-state index in [9.17, 15) is 4.79 Å². The summed E-state index contributed by atoms with van der Waals surface area (Å²) in [6.07, 6.45) is 0. The van der Waals surface area contributed by atoms with Gasteiger partial charge < -0.3 is 0 Å². The smallest absolute Gasteiger partial charge is 0.256 e. The number of carbonyl (C=O) groups is 1. The first-order chi connectivity index (χ1) is 3.81. The second-order valence-corrected chi connectivity index (χ2v) is 1.07. The van der Waals surface area contributed by atoms with Crippen molar-refractivity contribution in [1.82, 2.24) is 0 Å². The molecule has 3 heteroatoms. The lowest BCUT2D eigenvalue weighted by atomic mass is 10.6. The molecule has 0 aromatic rings. The van der Waals surface area contributed by atoms with Gasteiger partial charge in [0.05, 0.1) is 5.16 Å². The van der Waals surface area contributed by atoms with Crippen molar-refractivity contribution in [2.45, 2.75) is 6.92 Å². The standard InChI is InChI=1S/C5H3NOS/c1-2-3-5(7)6-4-8/h1H3. The summed E-state index contributed by atoms with van der Waals surface area (Å²) in [5, 5.41) is 1.91. The summed E-state index contributed by atoms with van der Waals surface area (Å²) in [4.78, 5) is 13.2. The van der Waals surface area contributed by atoms with E-state index in [2.05, 4.69) is 29.1 Å². The maximum atomic E-state index is 10.2. The van der Waals surface area contributed by atoms with Gasteiger partial charge in [-0.3, -0.25) is 4.79 Å². The predicted octanol–water partition coefficient (Wildman–Crippen LogP) is 0.639. The Labute approximate surface area is 52.6 Å². The van der Waals surface area contributed by atoms with E-state index in [1.165, 1.54) is 0 Å². The molecule has 0 saturated carbocycles. The monoisotopic (exact) mass is 125 g/mol. The lowest BCUT2D eigenvalue weighted by molar-refractivity contribution is -0.112. The Morgan fingerprint density at radius 2 is 2.38 bits per heavy atom. The third kappa shape index (κ3) is 3.23. The number of hydrogen-bond acceptors (Lipinski definition) is 2. The third-order valence-electron chi connectivity index (χ3n) is 0.379. The van der Waals surface area contributed by atoms with Crippen molar-refractivity contribution in [2.24, 2.45) is 4.99 Å². The molecule has 0 fully saturated rings. The molecule has 0 aromatic heterocycles. The molecule has 8 heavy (non-hydrogen) atoms. The quantitative estimate of drug-likeness (QED) is 0.270. The molecular formula is C5H3NOS. The van der Waals surface area contributed by atoms with Gasteiger partial charge in [-0.1, -0.05) is 5.92 Å². The minimum Gasteiger partial charge on any atom is -0.256 e. The van der Waals surface area contributed by atoms with Crippen LogP contribution < -0.4 is 0 Å². The fourth-order valence-corrected chi connectivity index (χ4v) is 0.259. The maximum Gasteiger partial charge on any atom is 0.330 e. The van der Waals surface area contributed by atoms with Gasteiger partial charge in [-0.2, -0.15) is 0 Å². The predicted molar refractivity (Wildman–Crippen MR) is 33.5 cm³/mol. The van der Waals surface area contributed by atoms with Crippen LogP contribution in [-0.2, 0) is 4.79 Å². The molecular weight excluding hydrogens is 122 g/mol. The van der Waals surface area contributed by atoms with Crippen LogP contribution in [0.1, 0.15) is 6.92 Å². The first-order valence-electron chi connectivity index (χ1n) is 1.86. The van der Waals surface area contributed by atoms with Crippen LogP contribution in [0.3, 0.4) is 0 Å². The summed E-state index contributed by atoms with van der Waals surface area (Å²) in [5.41, 5.74) is 0. The van der Waals surface area contributed by atoms with Crippen LogP contribution in [0.2, 0.25) is 0 Å². The van der Waals surface area contributed by atoms with E-state index in [1.54, 1.807) is 6.92 Å². The highest BCUT2D eigenvalue weighted by Gasteiger charge is 1.82. The van der Waals surface area contributed by atoms with Crippen LogP contribution in [0.25, 0.3) is 0 Å². The van der Waals surface area contributed by atoms with Gasteiger partial charge >= 0.3 is 5.91 Å². The number of nitrogens with zero attached hydrogens (tertiary/aromatic N) is 1. The zero-order valence-corrected chi connectivity index (χ0v) is 5.08. The van der Waals surface area contributed by atoms with Gasteiger partial charge in [-0.05, 0) is 25.1 Å². The Morgan fingerprint density at radius 1 is 1.75 bits per heavy atom. The summed E-state index contributed by atoms with van der Waals surface area (Å²) >= 11 is 4.14. The second kappa shape index (κ2) is 4.20. The molecule has 0 heterocycles. The molecule has 0 saturated heterocycles. The highest BCUT2D eigenvalue weighted by atomic mass is 32.1. The molecule has 0 N–H and O–H groups in total. The summed E-state index contributed by atoms with van der Waals surface area (Å²) in [7, 11) is 0. The number of thiocarbonyl (C=S) groups is 1. The van der Waals surface area contributed by atoms with E-state index in [0.717, 1.165) is 0 Å². The minimum atomic E-state index is -0.539. The Morgan fingerprint density at radius 3 is 2.75 bits per heavy atom. The molecule has 0 aromatic carbocycles. The molecule has 0 unspecified atom stereocenters. The van der Waals surface area contributed by atoms with Gasteiger partial charge in [-0.15, -0.1) is 4.99 Å². The van der Waals surface area contributed by atoms with Crippen LogP contribution in [0, 0.1) is 11.8 Å². The number of carbonyl (C=O) groups excluding carboxylic acids is 1. The topological polar surface area (TPSA) is 29.4 Å².